The topological polar surface area (TPSA) is 105 Å². The predicted octanol–water partition coefficient (Wildman–Crippen LogP) is 3.72. The zero-order chi connectivity index (χ0) is 26.1. The zero-order valence-electron chi connectivity index (χ0n) is 19.5. The van der Waals surface area contributed by atoms with Crippen molar-refractivity contribution < 1.29 is 31.4 Å². The van der Waals surface area contributed by atoms with E-state index in [0.29, 0.717) is 11.9 Å². The van der Waals surface area contributed by atoms with Crippen molar-refractivity contribution in [2.45, 2.75) is 36.6 Å². The van der Waals surface area contributed by atoms with Gasteiger partial charge in [0.05, 0.1) is 35.9 Å². The molecule has 12 heteroatoms. The Morgan fingerprint density at radius 2 is 1.83 bits per heavy atom. The number of methoxy groups -OCH3 is 1. The first-order valence-electron chi connectivity index (χ1n) is 11.1. The molecule has 2 N–H and O–H groups in total. The quantitative estimate of drug-likeness (QED) is 0.509. The summed E-state index contributed by atoms with van der Waals surface area (Å²) in [4.78, 5) is 8.04. The van der Waals surface area contributed by atoms with Crippen molar-refractivity contribution in [3.05, 3.63) is 66.1 Å². The molecule has 1 aliphatic heterocycles. The Kier molecular flexibility index (Phi) is 7.21. The molecule has 0 amide bonds. The highest BCUT2D eigenvalue weighted by Crippen LogP contribution is 2.32. The van der Waals surface area contributed by atoms with Gasteiger partial charge in [0, 0.05) is 30.5 Å². The van der Waals surface area contributed by atoms with Gasteiger partial charge in [-0.1, -0.05) is 12.1 Å². The van der Waals surface area contributed by atoms with Crippen molar-refractivity contribution in [2.24, 2.45) is 0 Å². The molecule has 0 bridgehead atoms. The normalized spacial score (nSPS) is 19.2. The summed E-state index contributed by atoms with van der Waals surface area (Å²) in [7, 11) is -2.34. The maximum atomic E-state index is 13.2. The van der Waals surface area contributed by atoms with E-state index in [4.69, 9.17) is 4.74 Å². The van der Waals surface area contributed by atoms with Gasteiger partial charge < -0.3 is 15.2 Å². The maximum absolute atomic E-state index is 13.2. The lowest BCUT2D eigenvalue weighted by Crippen LogP contribution is -2.51. The van der Waals surface area contributed by atoms with Crippen molar-refractivity contribution >= 4 is 15.8 Å². The van der Waals surface area contributed by atoms with Gasteiger partial charge in [-0.25, -0.2) is 13.4 Å². The van der Waals surface area contributed by atoms with E-state index in [1.807, 2.05) is 13.0 Å². The third-order valence-electron chi connectivity index (χ3n) is 6.00. The summed E-state index contributed by atoms with van der Waals surface area (Å²) < 4.78 is 71.1. The highest BCUT2D eigenvalue weighted by molar-refractivity contribution is 7.89. The van der Waals surface area contributed by atoms with E-state index in [-0.39, 0.29) is 30.2 Å². The molecule has 8 nitrogen and oxygen atoms in total. The molecule has 2 atom stereocenters. The molecule has 0 saturated carbocycles. The summed E-state index contributed by atoms with van der Waals surface area (Å²) in [5, 5.41) is 13.5. The predicted molar refractivity (Wildman–Crippen MR) is 127 cm³/mol. The third kappa shape index (κ3) is 5.45. The van der Waals surface area contributed by atoms with Crippen LogP contribution in [0.2, 0.25) is 0 Å². The van der Waals surface area contributed by atoms with Gasteiger partial charge in [-0.05, 0) is 49.2 Å². The molecule has 4 rings (SSSR count). The zero-order valence-corrected chi connectivity index (χ0v) is 20.3. The van der Waals surface area contributed by atoms with Crippen LogP contribution in [0.15, 0.2) is 59.8 Å². The number of hydrogen-bond acceptors (Lipinski definition) is 7. The van der Waals surface area contributed by atoms with Gasteiger partial charge in [-0.2, -0.15) is 17.5 Å². The van der Waals surface area contributed by atoms with Crippen LogP contribution >= 0.6 is 0 Å². The lowest BCUT2D eigenvalue weighted by Gasteiger charge is -2.35. The standard InChI is InChI=1S/C24H25F3N4O4S/c1-15-11-19(22(35-2)13-28-15)16-3-6-18(7-4-16)36(33,34)31-10-9-20(21(32)14-31)30-23-8-5-17(12-29-23)24(25,26)27/h3-8,11-13,20-21,32H,9-10,14H2,1-2H3,(H,29,30)/t20-,21+/m1/s1. The van der Waals surface area contributed by atoms with E-state index in [0.717, 1.165) is 22.9 Å². The van der Waals surface area contributed by atoms with Gasteiger partial charge in [0.15, 0.2) is 0 Å². The van der Waals surface area contributed by atoms with E-state index < -0.39 is 33.9 Å². The Balaban J connectivity index is 1.44. The highest BCUT2D eigenvalue weighted by atomic mass is 32.2. The monoisotopic (exact) mass is 522 g/mol. The van der Waals surface area contributed by atoms with Gasteiger partial charge in [0.1, 0.15) is 11.6 Å². The van der Waals surface area contributed by atoms with Crippen LogP contribution in [0.3, 0.4) is 0 Å². The summed E-state index contributed by atoms with van der Waals surface area (Å²) >= 11 is 0. The van der Waals surface area contributed by atoms with Crippen LogP contribution in [0.4, 0.5) is 19.0 Å². The molecular weight excluding hydrogens is 497 g/mol. The van der Waals surface area contributed by atoms with Crippen molar-refractivity contribution in [3.63, 3.8) is 0 Å². The SMILES string of the molecule is COc1cnc(C)cc1-c1ccc(S(=O)(=O)N2CC[C@@H](Nc3ccc(C(F)(F)F)cn3)[C@@H](O)C2)cc1. The molecule has 1 aliphatic rings. The number of piperidine rings is 1. The molecule has 0 spiro atoms. The average Bonchev–Trinajstić information content (AvgIpc) is 2.85. The lowest BCUT2D eigenvalue weighted by molar-refractivity contribution is -0.137. The van der Waals surface area contributed by atoms with Crippen molar-refractivity contribution in [1.29, 1.82) is 0 Å². The Hall–Kier alpha value is -3.22. The fraction of sp³-hybridized carbons (Fsp3) is 0.333. The minimum absolute atomic E-state index is 0.0824. The van der Waals surface area contributed by atoms with Crippen LogP contribution in [-0.4, -0.2) is 60.1 Å². The summed E-state index contributed by atoms with van der Waals surface area (Å²) in [6.07, 6.45) is -3.02. The first-order valence-corrected chi connectivity index (χ1v) is 12.5. The first-order chi connectivity index (χ1) is 17.0. The highest BCUT2D eigenvalue weighted by Gasteiger charge is 2.35. The number of benzene rings is 1. The van der Waals surface area contributed by atoms with Gasteiger partial charge >= 0.3 is 6.18 Å². The van der Waals surface area contributed by atoms with Crippen LogP contribution in [0.1, 0.15) is 17.7 Å². The number of alkyl halides is 3. The number of sulfonamides is 1. The fourth-order valence-corrected chi connectivity index (χ4v) is 5.49. The van der Waals surface area contributed by atoms with Gasteiger partial charge in [0.2, 0.25) is 10.0 Å². The Morgan fingerprint density at radius 1 is 1.11 bits per heavy atom. The summed E-state index contributed by atoms with van der Waals surface area (Å²) in [5.74, 6) is 0.733. The van der Waals surface area contributed by atoms with Crippen LogP contribution in [0.25, 0.3) is 11.1 Å². The van der Waals surface area contributed by atoms with Crippen molar-refractivity contribution in [2.75, 3.05) is 25.5 Å². The van der Waals surface area contributed by atoms with Crippen molar-refractivity contribution in [1.82, 2.24) is 14.3 Å². The van der Waals surface area contributed by atoms with E-state index in [2.05, 4.69) is 15.3 Å². The van der Waals surface area contributed by atoms with Gasteiger partial charge in [-0.3, -0.25) is 4.98 Å². The van der Waals surface area contributed by atoms with Crippen molar-refractivity contribution in [3.8, 4) is 16.9 Å². The number of nitrogens with zero attached hydrogens (tertiary/aromatic N) is 3. The summed E-state index contributed by atoms with van der Waals surface area (Å²) in [6, 6.07) is 9.74. The second kappa shape index (κ2) is 10.0. The molecular formula is C24H25F3N4O4S. The van der Waals surface area contributed by atoms with Gasteiger partial charge in [0.25, 0.3) is 0 Å². The van der Waals surface area contributed by atoms with E-state index in [1.165, 1.54) is 29.6 Å². The number of aliphatic hydroxyl groups excluding tert-OH is 1. The van der Waals surface area contributed by atoms with Gasteiger partial charge in [-0.15, -0.1) is 0 Å². The molecule has 0 unspecified atom stereocenters. The molecule has 1 aromatic carbocycles. The number of nitrogens with one attached hydrogen (secondary N) is 1. The molecule has 0 aliphatic carbocycles. The molecule has 192 valence electrons. The molecule has 3 heterocycles. The van der Waals surface area contributed by atoms with E-state index in [1.54, 1.807) is 18.3 Å². The fourth-order valence-electron chi connectivity index (χ4n) is 4.02. The largest absolute Gasteiger partial charge is 0.494 e. The third-order valence-corrected chi connectivity index (χ3v) is 7.88. The number of aliphatic hydroxyl groups is 1. The number of pyridine rings is 2. The second-order valence-corrected chi connectivity index (χ2v) is 10.4. The summed E-state index contributed by atoms with van der Waals surface area (Å²) in [6.45, 7) is 1.80. The molecule has 2 aromatic heterocycles. The van der Waals surface area contributed by atoms with E-state index >= 15 is 0 Å². The van der Waals surface area contributed by atoms with E-state index in [9.17, 15) is 26.7 Å². The van der Waals surface area contributed by atoms with Crippen LogP contribution in [0, 0.1) is 6.92 Å². The smallest absolute Gasteiger partial charge is 0.417 e. The maximum Gasteiger partial charge on any atom is 0.417 e. The number of aryl methyl sites for hydroxylation is 1. The van der Waals surface area contributed by atoms with Crippen LogP contribution in [0.5, 0.6) is 5.75 Å². The second-order valence-electron chi connectivity index (χ2n) is 8.45. The van der Waals surface area contributed by atoms with Crippen LogP contribution < -0.4 is 10.1 Å². The minimum atomic E-state index is -4.49. The first kappa shape index (κ1) is 25.9. The minimum Gasteiger partial charge on any atom is -0.494 e. The number of anilines is 1. The number of β-amino-alcohol motifs (C(OH)–C–C–N with tert-alkyl or cyclic N) is 1. The molecule has 1 saturated heterocycles. The molecule has 36 heavy (non-hydrogen) atoms. The Labute approximate surface area is 206 Å². The molecule has 0 radical (unpaired) electrons. The molecule has 1 fully saturated rings. The number of aromatic nitrogens is 2. The Bertz CT molecular complexity index is 1320. The summed E-state index contributed by atoms with van der Waals surface area (Å²) in [5.41, 5.74) is 1.47. The number of halogens is 3. The van der Waals surface area contributed by atoms with Crippen LogP contribution in [-0.2, 0) is 16.2 Å². The Morgan fingerprint density at radius 3 is 2.42 bits per heavy atom. The number of rotatable bonds is 6. The number of ether oxygens (including phenoxy) is 1. The molecule has 3 aromatic rings. The number of hydrogen-bond donors (Lipinski definition) is 2. The lowest BCUT2D eigenvalue weighted by atomic mass is 10.0. The average molecular weight is 523 g/mol.